The zero-order valence-corrected chi connectivity index (χ0v) is 14.1. The first-order chi connectivity index (χ1) is 11.3. The number of nitrogens with zero attached hydrogens (tertiary/aromatic N) is 1. The summed E-state index contributed by atoms with van der Waals surface area (Å²) in [5, 5.41) is 0.724. The van der Waals surface area contributed by atoms with Crippen molar-refractivity contribution in [2.75, 3.05) is 5.73 Å². The van der Waals surface area contributed by atoms with Gasteiger partial charge in [-0.05, 0) is 44.1 Å². The van der Waals surface area contributed by atoms with Gasteiger partial charge in [0.15, 0.2) is 5.13 Å². The maximum absolute atomic E-state index is 5.92. The minimum Gasteiger partial charge on any atom is -0.375 e. The lowest BCUT2D eigenvalue weighted by Gasteiger charge is -2.37. The van der Waals surface area contributed by atoms with Crippen LogP contribution < -0.4 is 5.73 Å². The van der Waals surface area contributed by atoms with Crippen molar-refractivity contribution in [1.29, 1.82) is 0 Å². The largest absolute Gasteiger partial charge is 0.375 e. The van der Waals surface area contributed by atoms with Gasteiger partial charge in [0.2, 0.25) is 0 Å². The lowest BCUT2D eigenvalue weighted by atomic mass is 9.67. The number of hydrogen-bond acceptors (Lipinski definition) is 3. The Hall–Kier alpha value is -1.87. The van der Waals surface area contributed by atoms with Crippen LogP contribution in [0.2, 0.25) is 0 Å². The molecule has 0 unspecified atom stereocenters. The van der Waals surface area contributed by atoms with E-state index in [1.807, 2.05) is 0 Å². The van der Waals surface area contributed by atoms with E-state index in [1.165, 1.54) is 22.6 Å². The van der Waals surface area contributed by atoms with Crippen LogP contribution >= 0.6 is 11.3 Å². The number of benzene rings is 1. The molecule has 23 heavy (non-hydrogen) atoms. The predicted molar refractivity (Wildman–Crippen MR) is 97.7 cm³/mol. The van der Waals surface area contributed by atoms with Crippen LogP contribution in [0, 0.1) is 0 Å². The average molecular weight is 322 g/mol. The van der Waals surface area contributed by atoms with Gasteiger partial charge in [0.1, 0.15) is 0 Å². The van der Waals surface area contributed by atoms with E-state index in [9.17, 15) is 0 Å². The minimum atomic E-state index is 0.154. The molecule has 2 aliphatic carbocycles. The standard InChI is InChI=1S/C20H22N2S/c21-19-22-17-11-13-20(14-12-18(17)23-19,15-7-3-1-4-8-15)16-9-5-2-6-10-16/h1-5,7-9H,6,10-14H2,(H2,21,22)/t20-/m1/s1. The van der Waals surface area contributed by atoms with E-state index in [2.05, 4.69) is 53.5 Å². The number of aryl methyl sites for hydroxylation is 2. The van der Waals surface area contributed by atoms with Crippen LogP contribution in [0.25, 0.3) is 0 Å². The molecular formula is C20H22N2S. The molecule has 4 rings (SSSR count). The van der Waals surface area contributed by atoms with Crippen molar-refractivity contribution in [1.82, 2.24) is 4.98 Å². The molecule has 0 fully saturated rings. The molecule has 1 heterocycles. The van der Waals surface area contributed by atoms with Crippen molar-refractivity contribution in [3.05, 3.63) is 70.3 Å². The number of anilines is 1. The van der Waals surface area contributed by atoms with E-state index in [1.54, 1.807) is 16.9 Å². The average Bonchev–Trinajstić information content (AvgIpc) is 2.87. The van der Waals surface area contributed by atoms with Crippen LogP contribution in [0.5, 0.6) is 0 Å². The summed E-state index contributed by atoms with van der Waals surface area (Å²) in [6.45, 7) is 0. The van der Waals surface area contributed by atoms with Crippen LogP contribution in [0.15, 0.2) is 54.1 Å². The van der Waals surface area contributed by atoms with Gasteiger partial charge in [-0.3, -0.25) is 0 Å². The number of thiazole rings is 1. The Kier molecular flexibility index (Phi) is 3.82. The summed E-state index contributed by atoms with van der Waals surface area (Å²) in [4.78, 5) is 5.97. The Labute approximate surface area is 141 Å². The maximum atomic E-state index is 5.92. The smallest absolute Gasteiger partial charge is 0.180 e. The summed E-state index contributed by atoms with van der Waals surface area (Å²) in [6.07, 6.45) is 13.6. The van der Waals surface area contributed by atoms with Gasteiger partial charge in [-0.2, -0.15) is 0 Å². The van der Waals surface area contributed by atoms with Crippen LogP contribution in [-0.4, -0.2) is 4.98 Å². The number of nitrogens with two attached hydrogens (primary N) is 1. The molecule has 0 saturated carbocycles. The first-order valence-electron chi connectivity index (χ1n) is 8.44. The first kappa shape index (κ1) is 14.7. The van der Waals surface area contributed by atoms with Gasteiger partial charge in [-0.1, -0.05) is 54.1 Å². The molecule has 0 amide bonds. The first-order valence-corrected chi connectivity index (χ1v) is 9.25. The third-order valence-electron chi connectivity index (χ3n) is 5.32. The molecule has 1 aromatic carbocycles. The summed E-state index contributed by atoms with van der Waals surface area (Å²) < 4.78 is 0. The molecular weight excluding hydrogens is 300 g/mol. The molecule has 0 radical (unpaired) electrons. The number of aromatic nitrogens is 1. The number of nitrogen functional groups attached to an aromatic ring is 1. The Morgan fingerprint density at radius 2 is 1.87 bits per heavy atom. The normalized spacial score (nSPS) is 23.9. The van der Waals surface area contributed by atoms with E-state index in [0.717, 1.165) is 37.2 Å². The SMILES string of the molecule is Nc1nc2c(s1)CC[C@@](C1=CC=CCC1)(c1ccccc1)CC2. The molecule has 1 aromatic heterocycles. The summed E-state index contributed by atoms with van der Waals surface area (Å²) in [5.41, 5.74) is 10.4. The monoisotopic (exact) mass is 322 g/mol. The van der Waals surface area contributed by atoms with Crippen LogP contribution in [0.3, 0.4) is 0 Å². The van der Waals surface area contributed by atoms with Crippen molar-refractivity contribution in [2.24, 2.45) is 0 Å². The van der Waals surface area contributed by atoms with Gasteiger partial charge in [0, 0.05) is 10.3 Å². The number of allylic oxidation sites excluding steroid dienone is 4. The highest BCUT2D eigenvalue weighted by atomic mass is 32.1. The molecule has 1 atom stereocenters. The second-order valence-corrected chi connectivity index (χ2v) is 7.64. The molecule has 3 heteroatoms. The van der Waals surface area contributed by atoms with Gasteiger partial charge in [0.05, 0.1) is 5.69 Å². The quantitative estimate of drug-likeness (QED) is 0.805. The lowest BCUT2D eigenvalue weighted by Crippen LogP contribution is -2.30. The maximum Gasteiger partial charge on any atom is 0.180 e. The van der Waals surface area contributed by atoms with Crippen molar-refractivity contribution in [3.8, 4) is 0 Å². The van der Waals surface area contributed by atoms with Gasteiger partial charge >= 0.3 is 0 Å². The molecule has 2 N–H and O–H groups in total. The molecule has 118 valence electrons. The van der Waals surface area contributed by atoms with E-state index < -0.39 is 0 Å². The highest BCUT2D eigenvalue weighted by molar-refractivity contribution is 7.15. The second kappa shape index (κ2) is 5.97. The summed E-state index contributed by atoms with van der Waals surface area (Å²) in [5.74, 6) is 0. The number of fused-ring (bicyclic) bond motifs is 1. The van der Waals surface area contributed by atoms with E-state index in [4.69, 9.17) is 5.73 Å². The fraction of sp³-hybridized carbons (Fsp3) is 0.350. The second-order valence-electron chi connectivity index (χ2n) is 6.53. The predicted octanol–water partition coefficient (Wildman–Crippen LogP) is 4.82. The highest BCUT2D eigenvalue weighted by Crippen LogP contribution is 2.46. The number of hydrogen-bond donors (Lipinski definition) is 1. The lowest BCUT2D eigenvalue weighted by molar-refractivity contribution is 0.425. The zero-order chi connectivity index (χ0) is 15.7. The van der Waals surface area contributed by atoms with Crippen molar-refractivity contribution < 1.29 is 0 Å². The molecule has 2 aliphatic rings. The van der Waals surface area contributed by atoms with Gasteiger partial charge in [0.25, 0.3) is 0 Å². The molecule has 0 aliphatic heterocycles. The molecule has 0 saturated heterocycles. The number of rotatable bonds is 2. The third-order valence-corrected chi connectivity index (χ3v) is 6.30. The zero-order valence-electron chi connectivity index (χ0n) is 13.3. The van der Waals surface area contributed by atoms with E-state index >= 15 is 0 Å². The molecule has 2 nitrogen and oxygen atoms in total. The molecule has 0 bridgehead atoms. The molecule has 0 spiro atoms. The topological polar surface area (TPSA) is 38.9 Å². The summed E-state index contributed by atoms with van der Waals surface area (Å²) in [7, 11) is 0. The highest BCUT2D eigenvalue weighted by Gasteiger charge is 2.38. The Morgan fingerprint density at radius 1 is 1.04 bits per heavy atom. The Bertz CT molecular complexity index is 730. The fourth-order valence-corrected chi connectivity index (χ4v) is 5.01. The molecule has 2 aromatic rings. The van der Waals surface area contributed by atoms with E-state index in [0.29, 0.717) is 0 Å². The van der Waals surface area contributed by atoms with Crippen LogP contribution in [0.1, 0.15) is 41.8 Å². The Morgan fingerprint density at radius 3 is 2.65 bits per heavy atom. The van der Waals surface area contributed by atoms with Crippen LogP contribution in [0.4, 0.5) is 5.13 Å². The minimum absolute atomic E-state index is 0.154. The van der Waals surface area contributed by atoms with Gasteiger partial charge < -0.3 is 5.73 Å². The van der Waals surface area contributed by atoms with Crippen molar-refractivity contribution in [3.63, 3.8) is 0 Å². The fourth-order valence-electron chi connectivity index (χ4n) is 4.13. The van der Waals surface area contributed by atoms with E-state index in [-0.39, 0.29) is 5.41 Å². The van der Waals surface area contributed by atoms with Crippen molar-refractivity contribution >= 4 is 16.5 Å². The Balaban J connectivity index is 1.77. The van der Waals surface area contributed by atoms with Crippen molar-refractivity contribution in [2.45, 2.75) is 43.9 Å². The van der Waals surface area contributed by atoms with Gasteiger partial charge in [-0.25, -0.2) is 4.98 Å². The summed E-state index contributed by atoms with van der Waals surface area (Å²) in [6, 6.07) is 11.1. The van der Waals surface area contributed by atoms with Crippen LogP contribution in [-0.2, 0) is 18.3 Å². The summed E-state index contributed by atoms with van der Waals surface area (Å²) >= 11 is 1.68. The van der Waals surface area contributed by atoms with Gasteiger partial charge in [-0.15, -0.1) is 11.3 Å². The third kappa shape index (κ3) is 2.63.